The van der Waals surface area contributed by atoms with Crippen molar-refractivity contribution in [3.63, 3.8) is 0 Å². The summed E-state index contributed by atoms with van der Waals surface area (Å²) in [4.78, 5) is 2.26. The summed E-state index contributed by atoms with van der Waals surface area (Å²) in [6, 6.07) is 12.4. The van der Waals surface area contributed by atoms with Crippen LogP contribution in [-0.2, 0) is 0 Å². The van der Waals surface area contributed by atoms with E-state index in [9.17, 15) is 0 Å². The molecular weight excluding hydrogens is 250 g/mol. The maximum Gasteiger partial charge on any atom is 0.170 e. The van der Waals surface area contributed by atoms with E-state index in [0.29, 0.717) is 6.04 Å². The first kappa shape index (κ1) is 14.2. The van der Waals surface area contributed by atoms with E-state index in [1.807, 2.05) is 30.3 Å². The van der Waals surface area contributed by atoms with Crippen LogP contribution < -0.4 is 10.6 Å². The number of nitrogens with zero attached hydrogens (tertiary/aromatic N) is 2. The van der Waals surface area contributed by atoms with E-state index >= 15 is 0 Å². The molecule has 2 aromatic carbocycles. The molecular formula is C16H21N3O. The van der Waals surface area contributed by atoms with Gasteiger partial charge in [-0.05, 0) is 30.9 Å². The molecule has 0 aromatic heterocycles. The summed E-state index contributed by atoms with van der Waals surface area (Å²) in [7, 11) is 2.10. The Balaban J connectivity index is 2.66. The van der Waals surface area contributed by atoms with E-state index < -0.39 is 0 Å². The van der Waals surface area contributed by atoms with E-state index in [4.69, 9.17) is 10.9 Å². The van der Waals surface area contributed by atoms with E-state index in [-0.39, 0.29) is 5.84 Å². The van der Waals surface area contributed by atoms with Gasteiger partial charge < -0.3 is 15.8 Å². The lowest BCUT2D eigenvalue weighted by molar-refractivity contribution is 0.318. The molecule has 4 heteroatoms. The standard InChI is InChI=1S/C16H21N3O/c1-4-11(2)19(3)15-10-9-14(16(17)18-20)12-7-5-6-8-13(12)15/h5-11,20H,4H2,1-3H3,(H2,17,18). The Morgan fingerprint density at radius 1 is 1.25 bits per heavy atom. The number of anilines is 1. The summed E-state index contributed by atoms with van der Waals surface area (Å²) in [5.41, 5.74) is 7.67. The van der Waals surface area contributed by atoms with Crippen LogP contribution in [0.25, 0.3) is 10.8 Å². The van der Waals surface area contributed by atoms with Crippen LogP contribution in [0.15, 0.2) is 41.6 Å². The SMILES string of the molecule is CCC(C)N(C)c1ccc(/C(N)=N/O)c2ccccc12. The predicted octanol–water partition coefficient (Wildman–Crippen LogP) is 3.17. The van der Waals surface area contributed by atoms with Gasteiger partial charge in [0.25, 0.3) is 0 Å². The second-order valence-electron chi connectivity index (χ2n) is 5.03. The molecule has 0 aliphatic carbocycles. The molecule has 3 N–H and O–H groups in total. The molecule has 0 spiro atoms. The summed E-state index contributed by atoms with van der Waals surface area (Å²) < 4.78 is 0. The highest BCUT2D eigenvalue weighted by molar-refractivity contribution is 6.11. The molecule has 106 valence electrons. The van der Waals surface area contributed by atoms with Gasteiger partial charge in [0.2, 0.25) is 0 Å². The normalized spacial score (nSPS) is 13.4. The average Bonchev–Trinajstić information content (AvgIpc) is 2.51. The number of nitrogens with two attached hydrogens (primary N) is 1. The van der Waals surface area contributed by atoms with Gasteiger partial charge in [-0.2, -0.15) is 0 Å². The molecule has 0 aliphatic heterocycles. The highest BCUT2D eigenvalue weighted by Crippen LogP contribution is 2.30. The number of hydrogen-bond acceptors (Lipinski definition) is 3. The van der Waals surface area contributed by atoms with Crippen molar-refractivity contribution in [2.75, 3.05) is 11.9 Å². The maximum absolute atomic E-state index is 8.90. The highest BCUT2D eigenvalue weighted by Gasteiger charge is 2.14. The van der Waals surface area contributed by atoms with Crippen LogP contribution in [0.5, 0.6) is 0 Å². The monoisotopic (exact) mass is 271 g/mol. The van der Waals surface area contributed by atoms with Crippen molar-refractivity contribution >= 4 is 22.3 Å². The number of amidine groups is 1. The molecule has 0 amide bonds. The molecule has 0 fully saturated rings. The summed E-state index contributed by atoms with van der Waals surface area (Å²) >= 11 is 0. The van der Waals surface area contributed by atoms with Crippen LogP contribution in [0, 0.1) is 0 Å². The molecule has 0 heterocycles. The third kappa shape index (κ3) is 2.41. The Kier molecular flexibility index (Phi) is 4.13. The summed E-state index contributed by atoms with van der Waals surface area (Å²) in [6.45, 7) is 4.38. The Morgan fingerprint density at radius 2 is 1.90 bits per heavy atom. The van der Waals surface area contributed by atoms with Crippen LogP contribution >= 0.6 is 0 Å². The zero-order valence-corrected chi connectivity index (χ0v) is 12.2. The summed E-state index contributed by atoms with van der Waals surface area (Å²) in [5, 5.41) is 14.1. The smallest absolute Gasteiger partial charge is 0.170 e. The second kappa shape index (κ2) is 5.82. The van der Waals surface area contributed by atoms with Gasteiger partial charge in [0.15, 0.2) is 5.84 Å². The van der Waals surface area contributed by atoms with Gasteiger partial charge in [-0.1, -0.05) is 36.3 Å². The fraction of sp³-hybridized carbons (Fsp3) is 0.312. The van der Waals surface area contributed by atoms with Crippen molar-refractivity contribution in [3.05, 3.63) is 42.0 Å². The van der Waals surface area contributed by atoms with E-state index in [2.05, 4.69) is 37.0 Å². The van der Waals surface area contributed by atoms with Crippen molar-refractivity contribution < 1.29 is 5.21 Å². The predicted molar refractivity (Wildman–Crippen MR) is 84.6 cm³/mol. The molecule has 4 nitrogen and oxygen atoms in total. The summed E-state index contributed by atoms with van der Waals surface area (Å²) in [5.74, 6) is 0.138. The molecule has 0 saturated carbocycles. The average molecular weight is 271 g/mol. The van der Waals surface area contributed by atoms with Crippen molar-refractivity contribution in [2.45, 2.75) is 26.3 Å². The fourth-order valence-electron chi connectivity index (χ4n) is 2.38. The largest absolute Gasteiger partial charge is 0.409 e. The van der Waals surface area contributed by atoms with Gasteiger partial charge in [0.1, 0.15) is 0 Å². The van der Waals surface area contributed by atoms with Gasteiger partial charge in [-0.3, -0.25) is 0 Å². The Bertz CT molecular complexity index is 637. The quantitative estimate of drug-likeness (QED) is 0.388. The highest BCUT2D eigenvalue weighted by atomic mass is 16.4. The first-order valence-corrected chi connectivity index (χ1v) is 6.82. The topological polar surface area (TPSA) is 61.8 Å². The van der Waals surface area contributed by atoms with E-state index in [0.717, 1.165) is 28.4 Å². The fourth-order valence-corrected chi connectivity index (χ4v) is 2.38. The number of benzene rings is 2. The first-order valence-electron chi connectivity index (χ1n) is 6.82. The molecule has 0 saturated heterocycles. The zero-order chi connectivity index (χ0) is 14.7. The molecule has 1 unspecified atom stereocenters. The number of hydrogen-bond donors (Lipinski definition) is 2. The van der Waals surface area contributed by atoms with Crippen molar-refractivity contribution in [3.8, 4) is 0 Å². The van der Waals surface area contributed by atoms with Gasteiger partial charge >= 0.3 is 0 Å². The van der Waals surface area contributed by atoms with Crippen LogP contribution in [0.3, 0.4) is 0 Å². The Labute approximate surface area is 119 Å². The van der Waals surface area contributed by atoms with Crippen LogP contribution in [0.2, 0.25) is 0 Å². The van der Waals surface area contributed by atoms with Gasteiger partial charge in [0.05, 0.1) is 0 Å². The molecule has 0 radical (unpaired) electrons. The lowest BCUT2D eigenvalue weighted by Crippen LogP contribution is -2.28. The van der Waals surface area contributed by atoms with Crippen molar-refractivity contribution in [1.82, 2.24) is 0 Å². The molecule has 0 aliphatic rings. The Hall–Kier alpha value is -2.23. The summed E-state index contributed by atoms with van der Waals surface area (Å²) in [6.07, 6.45) is 1.08. The molecule has 2 rings (SSSR count). The number of rotatable bonds is 4. The van der Waals surface area contributed by atoms with Crippen LogP contribution in [-0.4, -0.2) is 24.1 Å². The minimum atomic E-state index is 0.138. The van der Waals surface area contributed by atoms with Gasteiger partial charge in [-0.15, -0.1) is 0 Å². The molecule has 20 heavy (non-hydrogen) atoms. The third-order valence-corrected chi connectivity index (χ3v) is 3.92. The lowest BCUT2D eigenvalue weighted by atomic mass is 10.0. The molecule has 2 aromatic rings. The minimum absolute atomic E-state index is 0.138. The van der Waals surface area contributed by atoms with Gasteiger partial charge in [0, 0.05) is 29.7 Å². The second-order valence-corrected chi connectivity index (χ2v) is 5.03. The molecule has 0 bridgehead atoms. The van der Waals surface area contributed by atoms with Crippen LogP contribution in [0.4, 0.5) is 5.69 Å². The van der Waals surface area contributed by atoms with Crippen LogP contribution in [0.1, 0.15) is 25.8 Å². The maximum atomic E-state index is 8.90. The minimum Gasteiger partial charge on any atom is -0.409 e. The zero-order valence-electron chi connectivity index (χ0n) is 12.2. The Morgan fingerprint density at radius 3 is 2.50 bits per heavy atom. The lowest BCUT2D eigenvalue weighted by Gasteiger charge is -2.28. The van der Waals surface area contributed by atoms with Gasteiger partial charge in [-0.25, -0.2) is 0 Å². The molecule has 1 atom stereocenters. The number of fused-ring (bicyclic) bond motifs is 1. The first-order chi connectivity index (χ1) is 9.60. The third-order valence-electron chi connectivity index (χ3n) is 3.92. The number of oxime groups is 1. The van der Waals surface area contributed by atoms with E-state index in [1.165, 1.54) is 0 Å². The van der Waals surface area contributed by atoms with E-state index in [1.54, 1.807) is 0 Å². The van der Waals surface area contributed by atoms with Crippen molar-refractivity contribution in [1.29, 1.82) is 0 Å². The van der Waals surface area contributed by atoms with Crippen molar-refractivity contribution in [2.24, 2.45) is 10.9 Å².